The van der Waals surface area contributed by atoms with Crippen LogP contribution < -0.4 is 10.6 Å². The lowest BCUT2D eigenvalue weighted by Gasteiger charge is -2.16. The molecule has 0 bridgehead atoms. The molecule has 0 saturated carbocycles. The van der Waals surface area contributed by atoms with Gasteiger partial charge in [-0.1, -0.05) is 11.6 Å². The third-order valence-corrected chi connectivity index (χ3v) is 2.73. The van der Waals surface area contributed by atoms with Crippen LogP contribution in [0.1, 0.15) is 19.4 Å². The minimum atomic E-state index is -4.44. The lowest BCUT2D eigenvalue weighted by molar-refractivity contribution is -0.137. The molecule has 106 valence electrons. The second-order valence-corrected chi connectivity index (χ2v) is 4.36. The summed E-state index contributed by atoms with van der Waals surface area (Å²) in [6.07, 6.45) is -4.44. The van der Waals surface area contributed by atoms with Gasteiger partial charge < -0.3 is 10.6 Å². The monoisotopic (exact) mass is 294 g/mol. The zero-order valence-electron chi connectivity index (χ0n) is 10.4. The van der Waals surface area contributed by atoms with Crippen LogP contribution in [-0.4, -0.2) is 18.5 Å². The summed E-state index contributed by atoms with van der Waals surface area (Å²) in [5, 5.41) is 5.28. The minimum Gasteiger partial charge on any atom is -0.373 e. The third-order valence-electron chi connectivity index (χ3n) is 2.41. The first-order valence-corrected chi connectivity index (χ1v) is 6.04. The number of amides is 1. The molecule has 0 aromatic heterocycles. The molecule has 7 heteroatoms. The molecule has 0 heterocycles. The normalized spacial score (nSPS) is 12.9. The number of benzene rings is 1. The minimum absolute atomic E-state index is 0.0778. The number of nitrogens with one attached hydrogen (secondary N) is 2. The number of carbonyl (C=O) groups is 1. The number of anilines is 1. The summed E-state index contributed by atoms with van der Waals surface area (Å²) in [5.74, 6) is -0.251. The Hall–Kier alpha value is -1.43. The Kier molecular flexibility index (Phi) is 5.05. The van der Waals surface area contributed by atoms with Crippen LogP contribution in [0.5, 0.6) is 0 Å². The summed E-state index contributed by atoms with van der Waals surface area (Å²) in [4.78, 5) is 11.5. The molecule has 1 aromatic carbocycles. The highest BCUT2D eigenvalue weighted by Gasteiger charge is 2.31. The molecule has 19 heavy (non-hydrogen) atoms. The number of halogens is 4. The average molecular weight is 295 g/mol. The summed E-state index contributed by atoms with van der Waals surface area (Å²) in [6, 6.07) is 2.36. The van der Waals surface area contributed by atoms with Gasteiger partial charge in [0.1, 0.15) is 6.04 Å². The summed E-state index contributed by atoms with van der Waals surface area (Å²) in [7, 11) is 0. The van der Waals surface area contributed by atoms with Crippen molar-refractivity contribution < 1.29 is 18.0 Å². The zero-order valence-corrected chi connectivity index (χ0v) is 11.2. The molecule has 0 aliphatic heterocycles. The molecule has 0 saturated heterocycles. The van der Waals surface area contributed by atoms with Crippen molar-refractivity contribution in [2.24, 2.45) is 0 Å². The van der Waals surface area contributed by atoms with E-state index in [0.717, 1.165) is 12.1 Å². The SMILES string of the molecule is CCNC(=O)C(C)Nc1ccc(C(F)(F)F)cc1Cl. The molecular weight excluding hydrogens is 281 g/mol. The van der Waals surface area contributed by atoms with Crippen molar-refractivity contribution >= 4 is 23.2 Å². The Morgan fingerprint density at radius 2 is 2.05 bits per heavy atom. The topological polar surface area (TPSA) is 41.1 Å². The lowest BCUT2D eigenvalue weighted by Crippen LogP contribution is -2.37. The quantitative estimate of drug-likeness (QED) is 0.894. The fourth-order valence-corrected chi connectivity index (χ4v) is 1.67. The van der Waals surface area contributed by atoms with Crippen LogP contribution in [0.25, 0.3) is 0 Å². The third kappa shape index (κ3) is 4.31. The van der Waals surface area contributed by atoms with Crippen LogP contribution in [0, 0.1) is 0 Å². The van der Waals surface area contributed by atoms with Crippen LogP contribution >= 0.6 is 11.6 Å². The number of hydrogen-bond donors (Lipinski definition) is 2. The van der Waals surface area contributed by atoms with E-state index in [0.29, 0.717) is 6.54 Å². The van der Waals surface area contributed by atoms with Gasteiger partial charge in [0.25, 0.3) is 0 Å². The van der Waals surface area contributed by atoms with Gasteiger partial charge in [-0.25, -0.2) is 0 Å². The van der Waals surface area contributed by atoms with Gasteiger partial charge in [-0.3, -0.25) is 4.79 Å². The standard InChI is InChI=1S/C12H14ClF3N2O/c1-3-17-11(19)7(2)18-10-5-4-8(6-9(10)13)12(14,15)16/h4-7,18H,3H2,1-2H3,(H,17,19). The molecule has 1 atom stereocenters. The molecule has 1 unspecified atom stereocenters. The van der Waals surface area contributed by atoms with Gasteiger partial charge in [0.05, 0.1) is 16.3 Å². The highest BCUT2D eigenvalue weighted by molar-refractivity contribution is 6.33. The second-order valence-electron chi connectivity index (χ2n) is 3.95. The van der Waals surface area contributed by atoms with Crippen LogP contribution in [0.15, 0.2) is 18.2 Å². The summed E-state index contributed by atoms with van der Waals surface area (Å²) in [5.41, 5.74) is -0.540. The van der Waals surface area contributed by atoms with Gasteiger partial charge in [-0.05, 0) is 32.0 Å². The predicted molar refractivity (Wildman–Crippen MR) is 68.2 cm³/mol. The first-order valence-electron chi connectivity index (χ1n) is 5.66. The highest BCUT2D eigenvalue weighted by Crippen LogP contribution is 2.33. The maximum Gasteiger partial charge on any atom is 0.416 e. The van der Waals surface area contributed by atoms with E-state index < -0.39 is 17.8 Å². The lowest BCUT2D eigenvalue weighted by atomic mass is 10.2. The molecule has 1 aromatic rings. The van der Waals surface area contributed by atoms with Crippen LogP contribution in [0.2, 0.25) is 5.02 Å². The molecule has 0 spiro atoms. The molecular formula is C12H14ClF3N2O. The van der Waals surface area contributed by atoms with E-state index in [9.17, 15) is 18.0 Å². The average Bonchev–Trinajstić information content (AvgIpc) is 2.30. The zero-order chi connectivity index (χ0) is 14.6. The molecule has 0 aliphatic rings. The van der Waals surface area contributed by atoms with Crippen molar-refractivity contribution in [1.29, 1.82) is 0 Å². The number of likely N-dealkylation sites (N-methyl/N-ethyl adjacent to an activating group) is 1. The van der Waals surface area contributed by atoms with Gasteiger partial charge in [0, 0.05) is 6.54 Å². The Balaban J connectivity index is 2.83. The van der Waals surface area contributed by atoms with Gasteiger partial charge >= 0.3 is 6.18 Å². The van der Waals surface area contributed by atoms with E-state index in [1.165, 1.54) is 6.07 Å². The fourth-order valence-electron chi connectivity index (χ4n) is 1.43. The highest BCUT2D eigenvalue weighted by atomic mass is 35.5. The predicted octanol–water partition coefficient (Wildman–Crippen LogP) is 3.30. The van der Waals surface area contributed by atoms with Crippen LogP contribution in [0.4, 0.5) is 18.9 Å². The van der Waals surface area contributed by atoms with Crippen molar-refractivity contribution in [3.05, 3.63) is 28.8 Å². The van der Waals surface area contributed by atoms with Crippen LogP contribution in [0.3, 0.4) is 0 Å². The van der Waals surface area contributed by atoms with Gasteiger partial charge in [0.15, 0.2) is 0 Å². The van der Waals surface area contributed by atoms with Gasteiger partial charge in [-0.15, -0.1) is 0 Å². The molecule has 2 N–H and O–H groups in total. The molecule has 0 aliphatic carbocycles. The van der Waals surface area contributed by atoms with Crippen molar-refractivity contribution in [1.82, 2.24) is 5.32 Å². The number of rotatable bonds is 4. The number of carbonyl (C=O) groups excluding carboxylic acids is 1. The van der Waals surface area contributed by atoms with Crippen molar-refractivity contribution in [3.8, 4) is 0 Å². The van der Waals surface area contributed by atoms with Crippen LogP contribution in [-0.2, 0) is 11.0 Å². The maximum atomic E-state index is 12.4. The summed E-state index contributed by atoms with van der Waals surface area (Å²) in [6.45, 7) is 3.85. The Morgan fingerprint density at radius 3 is 2.53 bits per heavy atom. The molecule has 3 nitrogen and oxygen atoms in total. The largest absolute Gasteiger partial charge is 0.416 e. The summed E-state index contributed by atoms with van der Waals surface area (Å²) < 4.78 is 37.3. The van der Waals surface area contributed by atoms with E-state index >= 15 is 0 Å². The van der Waals surface area contributed by atoms with E-state index in [1.807, 2.05) is 0 Å². The molecule has 1 amide bonds. The van der Waals surface area contributed by atoms with E-state index in [-0.39, 0.29) is 16.6 Å². The van der Waals surface area contributed by atoms with E-state index in [4.69, 9.17) is 11.6 Å². The van der Waals surface area contributed by atoms with Crippen molar-refractivity contribution in [3.63, 3.8) is 0 Å². The number of hydrogen-bond acceptors (Lipinski definition) is 2. The first-order chi connectivity index (χ1) is 8.75. The Labute approximate surface area is 114 Å². The van der Waals surface area contributed by atoms with Gasteiger partial charge in [0.2, 0.25) is 5.91 Å². The van der Waals surface area contributed by atoms with Gasteiger partial charge in [-0.2, -0.15) is 13.2 Å². The first kappa shape index (κ1) is 15.6. The van der Waals surface area contributed by atoms with Crippen molar-refractivity contribution in [2.75, 3.05) is 11.9 Å². The smallest absolute Gasteiger partial charge is 0.373 e. The molecule has 1 rings (SSSR count). The Morgan fingerprint density at radius 1 is 1.42 bits per heavy atom. The van der Waals surface area contributed by atoms with E-state index in [2.05, 4.69) is 10.6 Å². The second kappa shape index (κ2) is 6.14. The Bertz CT molecular complexity index is 463. The number of alkyl halides is 3. The molecule has 0 fully saturated rings. The maximum absolute atomic E-state index is 12.4. The molecule has 0 radical (unpaired) electrons. The van der Waals surface area contributed by atoms with Crippen molar-refractivity contribution in [2.45, 2.75) is 26.1 Å². The fraction of sp³-hybridized carbons (Fsp3) is 0.417. The summed E-state index contributed by atoms with van der Waals surface area (Å²) >= 11 is 5.77. The van der Waals surface area contributed by atoms with E-state index in [1.54, 1.807) is 13.8 Å².